The van der Waals surface area contributed by atoms with Gasteiger partial charge in [0.15, 0.2) is 4.96 Å². The molecule has 0 saturated carbocycles. The lowest BCUT2D eigenvalue weighted by molar-refractivity contribution is 0.321. The van der Waals surface area contributed by atoms with Gasteiger partial charge in [-0.2, -0.15) is 0 Å². The van der Waals surface area contributed by atoms with E-state index < -0.39 is 0 Å². The van der Waals surface area contributed by atoms with Gasteiger partial charge in [-0.05, 0) is 54.1 Å². The van der Waals surface area contributed by atoms with Crippen LogP contribution in [-0.4, -0.2) is 22.6 Å². The van der Waals surface area contributed by atoms with E-state index in [-0.39, 0.29) is 5.56 Å². The summed E-state index contributed by atoms with van der Waals surface area (Å²) in [5.41, 5.74) is 2.40. The first-order valence-corrected chi connectivity index (χ1v) is 10.2. The van der Waals surface area contributed by atoms with Crippen LogP contribution < -0.4 is 19.6 Å². The van der Waals surface area contributed by atoms with Crippen LogP contribution in [-0.2, 0) is 0 Å². The third-order valence-corrected chi connectivity index (χ3v) is 5.68. The number of rotatable bonds is 5. The number of fused-ring (bicyclic) bond motifs is 3. The molecule has 5 nitrogen and oxygen atoms in total. The number of hydrogen-bond acceptors (Lipinski definition) is 5. The predicted octanol–water partition coefficient (Wildman–Crippen LogP) is 4.02. The van der Waals surface area contributed by atoms with Crippen molar-refractivity contribution in [3.8, 4) is 11.5 Å². The van der Waals surface area contributed by atoms with Crippen molar-refractivity contribution in [3.05, 3.63) is 61.3 Å². The molecule has 0 unspecified atom stereocenters. The normalized spacial score (nSPS) is 12.2. The van der Waals surface area contributed by atoms with Crippen LogP contribution in [0.3, 0.4) is 0 Å². The largest absolute Gasteiger partial charge is 0.493 e. The van der Waals surface area contributed by atoms with Crippen LogP contribution in [0.5, 0.6) is 11.5 Å². The second-order valence-corrected chi connectivity index (χ2v) is 7.68. The SMILES string of the molecule is CCOc1cc(OCC)c(C=c2sc3nc4ccccc4n3c2=O)cc1Br. The van der Waals surface area contributed by atoms with Gasteiger partial charge >= 0.3 is 0 Å². The first kappa shape index (κ1) is 18.0. The summed E-state index contributed by atoms with van der Waals surface area (Å²) in [7, 11) is 0. The third-order valence-electron chi connectivity index (χ3n) is 4.10. The quantitative estimate of drug-likeness (QED) is 0.466. The highest BCUT2D eigenvalue weighted by Crippen LogP contribution is 2.33. The fourth-order valence-corrected chi connectivity index (χ4v) is 4.42. The molecular weight excluding hydrogens is 428 g/mol. The van der Waals surface area contributed by atoms with E-state index in [9.17, 15) is 4.79 Å². The fourth-order valence-electron chi connectivity index (χ4n) is 2.96. The topological polar surface area (TPSA) is 52.8 Å². The summed E-state index contributed by atoms with van der Waals surface area (Å²) in [5.74, 6) is 1.40. The lowest BCUT2D eigenvalue weighted by Crippen LogP contribution is -2.22. The fraction of sp³-hybridized carbons (Fsp3) is 0.200. The van der Waals surface area contributed by atoms with Crippen molar-refractivity contribution in [2.75, 3.05) is 13.2 Å². The summed E-state index contributed by atoms with van der Waals surface area (Å²) >= 11 is 4.91. The van der Waals surface area contributed by atoms with Gasteiger partial charge in [0.05, 0.1) is 33.3 Å². The minimum absolute atomic E-state index is 0.0730. The number of thiazole rings is 1. The summed E-state index contributed by atoms with van der Waals surface area (Å²) in [5, 5.41) is 0. The predicted molar refractivity (Wildman–Crippen MR) is 112 cm³/mol. The second kappa shape index (κ2) is 7.32. The third kappa shape index (κ3) is 3.21. The molecule has 0 bridgehead atoms. The molecule has 0 N–H and O–H groups in total. The molecule has 4 rings (SSSR count). The molecule has 0 aliphatic heterocycles. The van der Waals surface area contributed by atoms with Gasteiger partial charge in [-0.1, -0.05) is 23.5 Å². The van der Waals surface area contributed by atoms with Gasteiger partial charge in [0.1, 0.15) is 11.5 Å². The van der Waals surface area contributed by atoms with Crippen molar-refractivity contribution in [2.45, 2.75) is 13.8 Å². The molecule has 0 fully saturated rings. The zero-order chi connectivity index (χ0) is 19.0. The van der Waals surface area contributed by atoms with Gasteiger partial charge in [-0.15, -0.1) is 0 Å². The molecular formula is C20H17BrN2O3S. The van der Waals surface area contributed by atoms with E-state index in [0.717, 1.165) is 21.1 Å². The number of halogens is 1. The smallest absolute Gasteiger partial charge is 0.274 e. The van der Waals surface area contributed by atoms with Crippen LogP contribution in [0.2, 0.25) is 0 Å². The zero-order valence-corrected chi connectivity index (χ0v) is 17.3. The Bertz CT molecular complexity index is 1250. The molecule has 0 aliphatic rings. The minimum Gasteiger partial charge on any atom is -0.493 e. The van der Waals surface area contributed by atoms with E-state index in [2.05, 4.69) is 20.9 Å². The van der Waals surface area contributed by atoms with Gasteiger partial charge in [0, 0.05) is 11.6 Å². The monoisotopic (exact) mass is 444 g/mol. The number of nitrogens with zero attached hydrogens (tertiary/aromatic N) is 2. The zero-order valence-electron chi connectivity index (χ0n) is 14.9. The maximum absolute atomic E-state index is 13.0. The Morgan fingerprint density at radius 1 is 1.15 bits per heavy atom. The maximum atomic E-state index is 13.0. The van der Waals surface area contributed by atoms with Gasteiger partial charge in [0.2, 0.25) is 0 Å². The van der Waals surface area contributed by atoms with Crippen LogP contribution in [0, 0.1) is 0 Å². The molecule has 4 aromatic rings. The van der Waals surface area contributed by atoms with Gasteiger partial charge in [-0.3, -0.25) is 4.79 Å². The summed E-state index contributed by atoms with van der Waals surface area (Å²) in [4.78, 5) is 18.2. The van der Waals surface area contributed by atoms with E-state index in [1.54, 1.807) is 4.40 Å². The highest BCUT2D eigenvalue weighted by atomic mass is 79.9. The van der Waals surface area contributed by atoms with Gasteiger partial charge < -0.3 is 9.47 Å². The molecule has 0 aliphatic carbocycles. The number of hydrogen-bond donors (Lipinski definition) is 0. The molecule has 7 heteroatoms. The van der Waals surface area contributed by atoms with Crippen molar-refractivity contribution < 1.29 is 9.47 Å². The standard InChI is InChI=1S/C20H17BrN2O3S/c1-3-25-16-11-17(26-4-2)13(21)9-12(16)10-18-19(24)23-15-8-6-5-7-14(15)22-20(23)27-18/h5-11H,3-4H2,1-2H3. The molecule has 27 heavy (non-hydrogen) atoms. The van der Waals surface area contributed by atoms with Crippen molar-refractivity contribution >= 4 is 49.3 Å². The Morgan fingerprint density at radius 2 is 1.89 bits per heavy atom. The summed E-state index contributed by atoms with van der Waals surface area (Å²) in [6, 6.07) is 11.4. The number of ether oxygens (including phenoxy) is 2. The lowest BCUT2D eigenvalue weighted by atomic mass is 10.2. The molecule has 2 aromatic carbocycles. The van der Waals surface area contributed by atoms with Crippen molar-refractivity contribution in [3.63, 3.8) is 0 Å². The van der Waals surface area contributed by atoms with Crippen LogP contribution in [0.1, 0.15) is 19.4 Å². The highest BCUT2D eigenvalue weighted by molar-refractivity contribution is 9.10. The molecule has 0 radical (unpaired) electrons. The average Bonchev–Trinajstić information content (AvgIpc) is 3.16. The maximum Gasteiger partial charge on any atom is 0.274 e. The second-order valence-electron chi connectivity index (χ2n) is 5.82. The van der Waals surface area contributed by atoms with E-state index in [0.29, 0.717) is 34.2 Å². The number of para-hydroxylation sites is 2. The van der Waals surface area contributed by atoms with E-state index >= 15 is 0 Å². The lowest BCUT2D eigenvalue weighted by Gasteiger charge is -2.12. The average molecular weight is 445 g/mol. The van der Waals surface area contributed by atoms with Crippen molar-refractivity contribution in [1.29, 1.82) is 0 Å². The van der Waals surface area contributed by atoms with Crippen molar-refractivity contribution in [2.24, 2.45) is 0 Å². The Morgan fingerprint density at radius 3 is 2.67 bits per heavy atom. The Kier molecular flexibility index (Phi) is 4.88. The summed E-state index contributed by atoms with van der Waals surface area (Å²) in [6.45, 7) is 4.95. The number of aromatic nitrogens is 2. The molecule has 0 spiro atoms. The van der Waals surface area contributed by atoms with Crippen LogP contribution in [0.4, 0.5) is 0 Å². The van der Waals surface area contributed by atoms with Crippen molar-refractivity contribution in [1.82, 2.24) is 9.38 Å². The van der Waals surface area contributed by atoms with Crippen LogP contribution in [0.25, 0.3) is 22.1 Å². The molecule has 0 atom stereocenters. The first-order chi connectivity index (χ1) is 13.1. The Balaban J connectivity index is 1.91. The number of benzene rings is 2. The first-order valence-electron chi connectivity index (χ1n) is 8.63. The molecule has 138 valence electrons. The molecule has 2 heterocycles. The van der Waals surface area contributed by atoms with Crippen LogP contribution in [0.15, 0.2) is 45.7 Å². The van der Waals surface area contributed by atoms with Crippen LogP contribution >= 0.6 is 27.3 Å². The highest BCUT2D eigenvalue weighted by Gasteiger charge is 2.13. The van der Waals surface area contributed by atoms with Gasteiger partial charge in [-0.25, -0.2) is 9.38 Å². The number of imidazole rings is 1. The van der Waals surface area contributed by atoms with E-state index in [1.807, 2.05) is 56.3 Å². The molecule has 2 aromatic heterocycles. The molecule has 0 amide bonds. The van der Waals surface area contributed by atoms with E-state index in [4.69, 9.17) is 9.47 Å². The Labute approximate surface area is 168 Å². The van der Waals surface area contributed by atoms with E-state index in [1.165, 1.54) is 11.3 Å². The van der Waals surface area contributed by atoms with Gasteiger partial charge in [0.25, 0.3) is 5.56 Å². The summed E-state index contributed by atoms with van der Waals surface area (Å²) < 4.78 is 14.5. The summed E-state index contributed by atoms with van der Waals surface area (Å²) in [6.07, 6.45) is 1.85. The minimum atomic E-state index is -0.0730. The Hall–Kier alpha value is -2.38. The molecule has 0 saturated heterocycles.